The van der Waals surface area contributed by atoms with Gasteiger partial charge in [0.15, 0.2) is 0 Å². The first-order valence-corrected chi connectivity index (χ1v) is 9.37. The van der Waals surface area contributed by atoms with E-state index in [0.717, 1.165) is 0 Å². The summed E-state index contributed by atoms with van der Waals surface area (Å²) in [6.07, 6.45) is 12.5. The number of allylic oxidation sites excluding steroid dienone is 1. The molecule has 1 saturated carbocycles. The van der Waals surface area contributed by atoms with Gasteiger partial charge < -0.3 is 9.64 Å². The molecular weight excluding hydrogens is 282 g/mol. The van der Waals surface area contributed by atoms with Crippen LogP contribution in [-0.4, -0.2) is 20.2 Å². The zero-order chi connectivity index (χ0) is 15.8. The molecule has 2 heteroatoms. The van der Waals surface area contributed by atoms with Crippen LogP contribution in [0.5, 0.6) is 0 Å². The highest BCUT2D eigenvalue weighted by Gasteiger charge is 2.43. The van der Waals surface area contributed by atoms with Gasteiger partial charge in [0, 0.05) is 31.6 Å². The zero-order valence-corrected chi connectivity index (χ0v) is 14.5. The van der Waals surface area contributed by atoms with E-state index in [9.17, 15) is 0 Å². The quantitative estimate of drug-likeness (QED) is 0.704. The van der Waals surface area contributed by atoms with Crippen LogP contribution in [0.3, 0.4) is 0 Å². The normalized spacial score (nSPS) is 33.4. The van der Waals surface area contributed by atoms with Crippen molar-refractivity contribution in [1.82, 2.24) is 0 Å². The number of ether oxygens (including phenoxy) is 1. The molecule has 2 nitrogen and oxygen atoms in total. The summed E-state index contributed by atoms with van der Waals surface area (Å²) in [6.45, 7) is 0. The lowest BCUT2D eigenvalue weighted by molar-refractivity contribution is -0.106. The monoisotopic (exact) mass is 311 g/mol. The molecule has 0 spiro atoms. The molecule has 3 aliphatic rings. The van der Waals surface area contributed by atoms with Crippen LogP contribution < -0.4 is 4.90 Å². The van der Waals surface area contributed by atoms with Gasteiger partial charge in [0.1, 0.15) is 0 Å². The first-order chi connectivity index (χ1) is 11.2. The maximum Gasteiger partial charge on any atom is 0.0894 e. The Hall–Kier alpha value is -1.28. The van der Waals surface area contributed by atoms with Gasteiger partial charge in [-0.25, -0.2) is 0 Å². The van der Waals surface area contributed by atoms with E-state index in [1.54, 1.807) is 5.57 Å². The highest BCUT2D eigenvalue weighted by atomic mass is 16.5. The summed E-state index contributed by atoms with van der Waals surface area (Å²) in [5.41, 5.74) is 4.38. The molecule has 0 amide bonds. The van der Waals surface area contributed by atoms with Crippen LogP contribution in [0.4, 0.5) is 5.69 Å². The molecule has 0 aromatic heterocycles. The maximum absolute atomic E-state index is 6.69. The SMILES string of the molecule is CN(C)c1ccc([C@@H]2O[C@@H]3CCCC[C@@H]3C3=CCCC[C@@H]32)cc1. The van der Waals surface area contributed by atoms with Crippen molar-refractivity contribution in [2.45, 2.75) is 57.2 Å². The highest BCUT2D eigenvalue weighted by Crippen LogP contribution is 2.51. The zero-order valence-electron chi connectivity index (χ0n) is 14.5. The van der Waals surface area contributed by atoms with Crippen molar-refractivity contribution in [1.29, 1.82) is 0 Å². The standard InChI is InChI=1S/C21H29NO/c1-22(2)16-13-11-15(12-14-16)21-19-9-4-3-7-17(19)18-8-5-6-10-20(18)23-21/h7,11-14,18-21H,3-6,8-10H2,1-2H3/t18-,19+,20-,21+/m1/s1. The van der Waals surface area contributed by atoms with Crippen molar-refractivity contribution in [3.05, 3.63) is 41.5 Å². The van der Waals surface area contributed by atoms with E-state index in [1.165, 1.54) is 56.2 Å². The third kappa shape index (κ3) is 2.82. The van der Waals surface area contributed by atoms with Crippen molar-refractivity contribution in [2.24, 2.45) is 11.8 Å². The number of benzene rings is 1. The third-order valence-corrected chi connectivity index (χ3v) is 6.08. The predicted octanol–water partition coefficient (Wildman–Crippen LogP) is 5.11. The minimum atomic E-state index is 0.275. The Balaban J connectivity index is 1.64. The van der Waals surface area contributed by atoms with Gasteiger partial charge in [-0.05, 0) is 49.8 Å². The summed E-state index contributed by atoms with van der Waals surface area (Å²) in [5, 5.41) is 0. The van der Waals surface area contributed by atoms with E-state index < -0.39 is 0 Å². The Bertz CT molecular complexity index is 574. The number of hydrogen-bond acceptors (Lipinski definition) is 2. The number of hydrogen-bond donors (Lipinski definition) is 0. The Kier molecular flexibility index (Phi) is 4.19. The lowest BCUT2D eigenvalue weighted by Crippen LogP contribution is -2.41. The van der Waals surface area contributed by atoms with Crippen LogP contribution in [0, 0.1) is 11.8 Å². The molecule has 4 atom stereocenters. The first-order valence-electron chi connectivity index (χ1n) is 9.37. The fraction of sp³-hybridized carbons (Fsp3) is 0.619. The number of nitrogens with zero attached hydrogens (tertiary/aromatic N) is 1. The summed E-state index contributed by atoms with van der Waals surface area (Å²) in [6, 6.07) is 9.04. The molecule has 0 unspecified atom stereocenters. The van der Waals surface area contributed by atoms with Crippen molar-refractivity contribution < 1.29 is 4.74 Å². The van der Waals surface area contributed by atoms with Crippen molar-refractivity contribution in [3.63, 3.8) is 0 Å². The molecule has 2 fully saturated rings. The molecule has 1 aromatic carbocycles. The lowest BCUT2D eigenvalue weighted by Gasteiger charge is -2.47. The van der Waals surface area contributed by atoms with Gasteiger partial charge in [-0.15, -0.1) is 0 Å². The van der Waals surface area contributed by atoms with E-state index in [1.807, 2.05) is 0 Å². The number of fused-ring (bicyclic) bond motifs is 3. The topological polar surface area (TPSA) is 12.5 Å². The molecule has 4 rings (SSSR count). The molecule has 0 N–H and O–H groups in total. The molecule has 1 aliphatic heterocycles. The van der Waals surface area contributed by atoms with E-state index in [0.29, 0.717) is 17.9 Å². The molecule has 124 valence electrons. The molecule has 2 aliphatic carbocycles. The number of anilines is 1. The van der Waals surface area contributed by atoms with E-state index in [4.69, 9.17) is 4.74 Å². The van der Waals surface area contributed by atoms with Crippen LogP contribution in [0.1, 0.15) is 56.6 Å². The van der Waals surface area contributed by atoms with Gasteiger partial charge >= 0.3 is 0 Å². The molecule has 1 saturated heterocycles. The second-order valence-corrected chi connectivity index (χ2v) is 7.71. The highest BCUT2D eigenvalue weighted by molar-refractivity contribution is 5.46. The lowest BCUT2D eigenvalue weighted by atomic mass is 9.68. The molecule has 1 aromatic rings. The second-order valence-electron chi connectivity index (χ2n) is 7.71. The Labute approximate surface area is 140 Å². The van der Waals surface area contributed by atoms with Gasteiger partial charge in [-0.3, -0.25) is 0 Å². The number of rotatable bonds is 2. The summed E-state index contributed by atoms with van der Waals surface area (Å²) >= 11 is 0. The van der Waals surface area contributed by atoms with Gasteiger partial charge in [-0.2, -0.15) is 0 Å². The largest absolute Gasteiger partial charge is 0.378 e. The summed E-state index contributed by atoms with van der Waals surface area (Å²) in [4.78, 5) is 2.16. The van der Waals surface area contributed by atoms with Gasteiger partial charge in [0.05, 0.1) is 12.2 Å². The Morgan fingerprint density at radius 2 is 1.65 bits per heavy atom. The molecule has 23 heavy (non-hydrogen) atoms. The molecule has 1 heterocycles. The van der Waals surface area contributed by atoms with Crippen molar-refractivity contribution in [2.75, 3.05) is 19.0 Å². The van der Waals surface area contributed by atoms with Crippen LogP contribution in [0.25, 0.3) is 0 Å². The van der Waals surface area contributed by atoms with Gasteiger partial charge in [0.2, 0.25) is 0 Å². The minimum absolute atomic E-state index is 0.275. The fourth-order valence-corrected chi connectivity index (χ4v) is 4.87. The van der Waals surface area contributed by atoms with Crippen LogP contribution in [-0.2, 0) is 4.74 Å². The van der Waals surface area contributed by atoms with Crippen LogP contribution >= 0.6 is 0 Å². The summed E-state index contributed by atoms with van der Waals surface area (Å²) in [5.74, 6) is 1.33. The maximum atomic E-state index is 6.69. The average molecular weight is 311 g/mol. The second kappa shape index (κ2) is 6.32. The molecule has 0 radical (unpaired) electrons. The summed E-state index contributed by atoms with van der Waals surface area (Å²) in [7, 11) is 4.20. The van der Waals surface area contributed by atoms with E-state index >= 15 is 0 Å². The third-order valence-electron chi connectivity index (χ3n) is 6.08. The molecule has 0 bridgehead atoms. The van der Waals surface area contributed by atoms with Gasteiger partial charge in [0.25, 0.3) is 0 Å². The van der Waals surface area contributed by atoms with Crippen LogP contribution in [0.2, 0.25) is 0 Å². The van der Waals surface area contributed by atoms with E-state index in [2.05, 4.69) is 49.3 Å². The smallest absolute Gasteiger partial charge is 0.0894 e. The van der Waals surface area contributed by atoms with Crippen molar-refractivity contribution in [3.8, 4) is 0 Å². The fourth-order valence-electron chi connectivity index (χ4n) is 4.87. The minimum Gasteiger partial charge on any atom is -0.378 e. The molecular formula is C21H29NO. The van der Waals surface area contributed by atoms with Crippen molar-refractivity contribution >= 4 is 5.69 Å². The van der Waals surface area contributed by atoms with Crippen LogP contribution in [0.15, 0.2) is 35.9 Å². The Morgan fingerprint density at radius 3 is 2.43 bits per heavy atom. The van der Waals surface area contributed by atoms with Gasteiger partial charge in [-0.1, -0.05) is 36.6 Å². The Morgan fingerprint density at radius 1 is 0.913 bits per heavy atom. The average Bonchev–Trinajstić information content (AvgIpc) is 2.61. The first kappa shape index (κ1) is 15.3. The van der Waals surface area contributed by atoms with E-state index in [-0.39, 0.29) is 6.10 Å². The summed E-state index contributed by atoms with van der Waals surface area (Å²) < 4.78 is 6.69. The predicted molar refractivity (Wildman–Crippen MR) is 95.8 cm³/mol.